The summed E-state index contributed by atoms with van der Waals surface area (Å²) in [5, 5.41) is 19.2. The Balaban J connectivity index is 2.75. The van der Waals surface area contributed by atoms with E-state index in [9.17, 15) is 15.0 Å². The highest BCUT2D eigenvalue weighted by molar-refractivity contribution is 9.10. The monoisotopic (exact) mass is 314 g/mol. The normalized spacial score (nSPS) is 16.0. The van der Waals surface area contributed by atoms with E-state index in [0.29, 0.717) is 12.8 Å². The van der Waals surface area contributed by atoms with Crippen molar-refractivity contribution in [3.63, 3.8) is 0 Å². The first-order chi connectivity index (χ1) is 8.34. The van der Waals surface area contributed by atoms with Crippen molar-refractivity contribution in [2.24, 2.45) is 5.92 Å². The summed E-state index contributed by atoms with van der Waals surface area (Å²) in [6.07, 6.45) is 1.27. The fourth-order valence-electron chi connectivity index (χ4n) is 1.83. The summed E-state index contributed by atoms with van der Waals surface area (Å²) in [6.45, 7) is 3.54. The van der Waals surface area contributed by atoms with Gasteiger partial charge in [0.2, 0.25) is 0 Å². The van der Waals surface area contributed by atoms with E-state index in [1.165, 1.54) is 0 Å². The molecule has 0 saturated carbocycles. The zero-order valence-electron chi connectivity index (χ0n) is 10.7. The van der Waals surface area contributed by atoms with Crippen LogP contribution in [0.4, 0.5) is 0 Å². The highest BCUT2D eigenvalue weighted by Gasteiger charge is 2.28. The SMILES string of the molecule is CCC(C)(O)CC(Cc1ccc(Br)cc1)C(=O)O. The fraction of sp³-hybridized carbons (Fsp3) is 0.500. The molecule has 0 amide bonds. The van der Waals surface area contributed by atoms with E-state index in [2.05, 4.69) is 15.9 Å². The van der Waals surface area contributed by atoms with Crippen molar-refractivity contribution in [1.82, 2.24) is 0 Å². The number of hydrogen-bond acceptors (Lipinski definition) is 2. The van der Waals surface area contributed by atoms with Crippen molar-refractivity contribution in [3.8, 4) is 0 Å². The maximum atomic E-state index is 11.2. The van der Waals surface area contributed by atoms with Crippen molar-refractivity contribution in [1.29, 1.82) is 0 Å². The minimum absolute atomic E-state index is 0.273. The quantitative estimate of drug-likeness (QED) is 0.847. The van der Waals surface area contributed by atoms with E-state index in [0.717, 1.165) is 10.0 Å². The highest BCUT2D eigenvalue weighted by atomic mass is 79.9. The standard InChI is InChI=1S/C14H19BrO3/c1-3-14(2,18)9-11(13(16)17)8-10-4-6-12(15)7-5-10/h4-7,11,18H,3,8-9H2,1-2H3,(H,16,17). The molecule has 0 aliphatic rings. The van der Waals surface area contributed by atoms with E-state index >= 15 is 0 Å². The van der Waals surface area contributed by atoms with E-state index < -0.39 is 17.5 Å². The Hall–Kier alpha value is -0.870. The molecule has 1 aromatic rings. The molecular formula is C14H19BrO3. The second-order valence-electron chi connectivity index (χ2n) is 4.92. The largest absolute Gasteiger partial charge is 0.481 e. The van der Waals surface area contributed by atoms with Crippen LogP contribution in [0, 0.1) is 5.92 Å². The average Bonchev–Trinajstić information content (AvgIpc) is 2.31. The molecule has 2 N–H and O–H groups in total. The van der Waals surface area contributed by atoms with Crippen LogP contribution in [0.25, 0.3) is 0 Å². The molecule has 18 heavy (non-hydrogen) atoms. The van der Waals surface area contributed by atoms with Crippen LogP contribution in [0.2, 0.25) is 0 Å². The molecule has 2 unspecified atom stereocenters. The molecule has 100 valence electrons. The molecular weight excluding hydrogens is 296 g/mol. The van der Waals surface area contributed by atoms with Crippen LogP contribution in [0.3, 0.4) is 0 Å². The molecule has 0 spiro atoms. The van der Waals surface area contributed by atoms with Crippen molar-refractivity contribution in [3.05, 3.63) is 34.3 Å². The predicted molar refractivity (Wildman–Crippen MR) is 74.5 cm³/mol. The van der Waals surface area contributed by atoms with Crippen LogP contribution in [-0.2, 0) is 11.2 Å². The van der Waals surface area contributed by atoms with Gasteiger partial charge in [-0.2, -0.15) is 0 Å². The Labute approximate surface area is 116 Å². The molecule has 0 radical (unpaired) electrons. The second kappa shape index (κ2) is 6.34. The maximum absolute atomic E-state index is 11.2. The summed E-state index contributed by atoms with van der Waals surface area (Å²) in [4.78, 5) is 11.2. The average molecular weight is 315 g/mol. The number of aliphatic carboxylic acids is 1. The zero-order valence-corrected chi connectivity index (χ0v) is 12.3. The number of carboxylic acid groups (broad SMARTS) is 1. The van der Waals surface area contributed by atoms with Gasteiger partial charge in [-0.05, 0) is 43.9 Å². The van der Waals surface area contributed by atoms with E-state index in [1.54, 1.807) is 6.92 Å². The summed E-state index contributed by atoms with van der Waals surface area (Å²) in [7, 11) is 0. The van der Waals surface area contributed by atoms with Gasteiger partial charge >= 0.3 is 5.97 Å². The lowest BCUT2D eigenvalue weighted by Gasteiger charge is -2.25. The van der Waals surface area contributed by atoms with Gasteiger partial charge in [-0.25, -0.2) is 0 Å². The summed E-state index contributed by atoms with van der Waals surface area (Å²) < 4.78 is 0.971. The molecule has 3 nitrogen and oxygen atoms in total. The lowest BCUT2D eigenvalue weighted by atomic mass is 9.86. The number of carbonyl (C=O) groups is 1. The van der Waals surface area contributed by atoms with E-state index in [4.69, 9.17) is 0 Å². The van der Waals surface area contributed by atoms with Gasteiger partial charge in [-0.15, -0.1) is 0 Å². The fourth-order valence-corrected chi connectivity index (χ4v) is 2.09. The highest BCUT2D eigenvalue weighted by Crippen LogP contribution is 2.24. The molecule has 1 aromatic carbocycles. The molecule has 2 atom stereocenters. The molecule has 4 heteroatoms. The molecule has 0 fully saturated rings. The summed E-state index contributed by atoms with van der Waals surface area (Å²) in [6, 6.07) is 7.60. The number of benzene rings is 1. The number of halogens is 1. The summed E-state index contributed by atoms with van der Waals surface area (Å²) in [5.74, 6) is -1.41. The Morgan fingerprint density at radius 3 is 2.39 bits per heavy atom. The van der Waals surface area contributed by atoms with Crippen LogP contribution in [0.15, 0.2) is 28.7 Å². The van der Waals surface area contributed by atoms with Crippen LogP contribution < -0.4 is 0 Å². The van der Waals surface area contributed by atoms with Crippen molar-refractivity contribution < 1.29 is 15.0 Å². The Kier molecular flexibility index (Phi) is 5.35. The molecule has 0 bridgehead atoms. The minimum Gasteiger partial charge on any atom is -0.481 e. The summed E-state index contributed by atoms with van der Waals surface area (Å²) >= 11 is 3.34. The van der Waals surface area contributed by atoms with Gasteiger partial charge in [0, 0.05) is 4.47 Å². The molecule has 0 aromatic heterocycles. The van der Waals surface area contributed by atoms with Gasteiger partial charge in [0.15, 0.2) is 0 Å². The first-order valence-corrected chi connectivity index (χ1v) is 6.83. The number of hydrogen-bond donors (Lipinski definition) is 2. The van der Waals surface area contributed by atoms with Crippen LogP contribution in [0.5, 0.6) is 0 Å². The maximum Gasteiger partial charge on any atom is 0.306 e. The first kappa shape index (κ1) is 15.2. The molecule has 0 heterocycles. The van der Waals surface area contributed by atoms with Crippen LogP contribution in [-0.4, -0.2) is 21.8 Å². The second-order valence-corrected chi connectivity index (χ2v) is 5.84. The first-order valence-electron chi connectivity index (χ1n) is 6.03. The molecule has 0 aliphatic heterocycles. The Morgan fingerprint density at radius 2 is 1.94 bits per heavy atom. The van der Waals surface area contributed by atoms with Gasteiger partial charge in [-0.1, -0.05) is 35.0 Å². The van der Waals surface area contributed by atoms with Crippen LogP contribution in [0.1, 0.15) is 32.3 Å². The van der Waals surface area contributed by atoms with Gasteiger partial charge in [0.1, 0.15) is 0 Å². The third kappa shape index (κ3) is 4.78. The third-order valence-electron chi connectivity index (χ3n) is 3.19. The van der Waals surface area contributed by atoms with Crippen molar-refractivity contribution in [2.45, 2.75) is 38.7 Å². The van der Waals surface area contributed by atoms with Crippen LogP contribution >= 0.6 is 15.9 Å². The van der Waals surface area contributed by atoms with Crippen molar-refractivity contribution in [2.75, 3.05) is 0 Å². The minimum atomic E-state index is -0.918. The molecule has 0 saturated heterocycles. The van der Waals surface area contributed by atoms with Crippen molar-refractivity contribution >= 4 is 21.9 Å². The lowest BCUT2D eigenvalue weighted by molar-refractivity contribution is -0.144. The number of carboxylic acids is 1. The van der Waals surface area contributed by atoms with E-state index in [1.807, 2.05) is 31.2 Å². The summed E-state index contributed by atoms with van der Waals surface area (Å²) in [5.41, 5.74) is 0.0517. The Bertz CT molecular complexity index is 398. The van der Waals surface area contributed by atoms with Gasteiger partial charge < -0.3 is 10.2 Å². The molecule has 0 aliphatic carbocycles. The molecule has 1 rings (SSSR count). The van der Waals surface area contributed by atoms with Gasteiger partial charge in [-0.3, -0.25) is 4.79 Å². The lowest BCUT2D eigenvalue weighted by Crippen LogP contribution is -2.31. The topological polar surface area (TPSA) is 57.5 Å². The smallest absolute Gasteiger partial charge is 0.306 e. The van der Waals surface area contributed by atoms with Gasteiger partial charge in [0.25, 0.3) is 0 Å². The predicted octanol–water partition coefficient (Wildman–Crippen LogP) is 3.24. The van der Waals surface area contributed by atoms with E-state index in [-0.39, 0.29) is 6.42 Å². The zero-order chi connectivity index (χ0) is 13.8. The number of aliphatic hydroxyl groups is 1. The Morgan fingerprint density at radius 1 is 1.39 bits per heavy atom. The third-order valence-corrected chi connectivity index (χ3v) is 3.72. The van der Waals surface area contributed by atoms with Gasteiger partial charge in [0.05, 0.1) is 11.5 Å². The number of rotatable bonds is 6.